The maximum Gasteiger partial charge on any atom is 0.326 e. The number of aliphatic carboxylic acids is 1. The maximum atomic E-state index is 13.0. The predicted octanol–water partition coefficient (Wildman–Crippen LogP) is -1.92. The second-order valence-corrected chi connectivity index (χ2v) is 8.49. The average molecular weight is 523 g/mol. The van der Waals surface area contributed by atoms with Crippen molar-refractivity contribution in [3.8, 4) is 5.75 Å². The van der Waals surface area contributed by atoms with Gasteiger partial charge in [-0.1, -0.05) is 12.1 Å². The number of phenols is 1. The van der Waals surface area contributed by atoms with Gasteiger partial charge < -0.3 is 42.0 Å². The molecule has 1 aromatic heterocycles. The van der Waals surface area contributed by atoms with Crippen molar-refractivity contribution in [2.24, 2.45) is 5.73 Å². The van der Waals surface area contributed by atoms with Crippen molar-refractivity contribution in [3.63, 3.8) is 0 Å². The summed E-state index contributed by atoms with van der Waals surface area (Å²) in [5.41, 5.74) is 6.72. The van der Waals surface area contributed by atoms with E-state index in [0.29, 0.717) is 11.3 Å². The first kappa shape index (κ1) is 28.6. The van der Waals surface area contributed by atoms with E-state index in [-0.39, 0.29) is 24.3 Å². The van der Waals surface area contributed by atoms with E-state index in [1.54, 1.807) is 0 Å². The first-order chi connectivity index (χ1) is 17.0. The summed E-state index contributed by atoms with van der Waals surface area (Å²) >= 11 is 4.09. The molecule has 5 atom stereocenters. The van der Waals surface area contributed by atoms with Crippen LogP contribution in [-0.4, -0.2) is 85.0 Å². The summed E-state index contributed by atoms with van der Waals surface area (Å²) in [6, 6.07) is 0.813. The number of aromatic hydroxyl groups is 1. The molecule has 9 N–H and O–H groups in total. The number of aromatic amines is 1. The molecule has 0 radical (unpaired) electrons. The highest BCUT2D eigenvalue weighted by atomic mass is 32.1. The lowest BCUT2D eigenvalue weighted by atomic mass is 10.1. The highest BCUT2D eigenvalue weighted by molar-refractivity contribution is 7.80. The van der Waals surface area contributed by atoms with Crippen LogP contribution in [0.5, 0.6) is 5.75 Å². The molecule has 196 valence electrons. The number of nitrogens with two attached hydrogens (primary N) is 1. The summed E-state index contributed by atoms with van der Waals surface area (Å²) in [6.45, 7) is 1.33. The Hall–Kier alpha value is -3.62. The molecule has 14 heteroatoms. The minimum atomic E-state index is -1.31. The molecule has 1 aromatic carbocycles. The van der Waals surface area contributed by atoms with Crippen LogP contribution in [0.2, 0.25) is 0 Å². The molecule has 36 heavy (non-hydrogen) atoms. The molecule has 0 spiro atoms. The largest absolute Gasteiger partial charge is 0.508 e. The summed E-state index contributed by atoms with van der Waals surface area (Å²) in [5.74, 6) is -3.78. The van der Waals surface area contributed by atoms with Gasteiger partial charge in [0.25, 0.3) is 0 Å². The Morgan fingerprint density at radius 3 is 2.11 bits per heavy atom. The normalized spacial score (nSPS) is 15.1. The fourth-order valence-corrected chi connectivity index (χ4v) is 3.38. The van der Waals surface area contributed by atoms with Gasteiger partial charge in [-0.2, -0.15) is 12.6 Å². The van der Waals surface area contributed by atoms with Crippen molar-refractivity contribution < 1.29 is 34.5 Å². The van der Waals surface area contributed by atoms with E-state index in [0.717, 1.165) is 0 Å². The quantitative estimate of drug-likeness (QED) is 0.134. The van der Waals surface area contributed by atoms with Gasteiger partial charge in [0.05, 0.1) is 12.4 Å². The van der Waals surface area contributed by atoms with Crippen molar-refractivity contribution in [1.82, 2.24) is 25.9 Å². The van der Waals surface area contributed by atoms with E-state index in [1.807, 2.05) is 0 Å². The Labute approximate surface area is 212 Å². The highest BCUT2D eigenvalue weighted by Gasteiger charge is 2.31. The number of nitrogens with one attached hydrogen (secondary N) is 4. The Morgan fingerprint density at radius 2 is 1.58 bits per heavy atom. The van der Waals surface area contributed by atoms with Crippen LogP contribution in [0.4, 0.5) is 0 Å². The monoisotopic (exact) mass is 522 g/mol. The first-order valence-corrected chi connectivity index (χ1v) is 11.6. The molecule has 2 rings (SSSR count). The van der Waals surface area contributed by atoms with Gasteiger partial charge in [-0.05, 0) is 24.6 Å². The summed E-state index contributed by atoms with van der Waals surface area (Å²) < 4.78 is 0. The Kier molecular flexibility index (Phi) is 10.7. The number of phenolic OH excluding ortho intramolecular Hbond substituents is 1. The molecule has 0 bridgehead atoms. The fraction of sp³-hybridized carbons (Fsp3) is 0.409. The number of carboxylic acid groups (broad SMARTS) is 1. The third-order valence-electron chi connectivity index (χ3n) is 5.24. The number of carbonyl (C=O) groups excluding carboxylic acids is 3. The lowest BCUT2D eigenvalue weighted by Gasteiger charge is -2.24. The van der Waals surface area contributed by atoms with E-state index >= 15 is 0 Å². The molecule has 0 aliphatic carbocycles. The molecule has 0 fully saturated rings. The van der Waals surface area contributed by atoms with Crippen LogP contribution < -0.4 is 21.7 Å². The highest BCUT2D eigenvalue weighted by Crippen LogP contribution is 2.12. The molecule has 2 aromatic rings. The van der Waals surface area contributed by atoms with Crippen molar-refractivity contribution in [2.45, 2.75) is 50.0 Å². The van der Waals surface area contributed by atoms with Gasteiger partial charge in [0, 0.05) is 30.5 Å². The number of aliphatic hydroxyl groups excluding tert-OH is 1. The Bertz CT molecular complexity index is 1030. The van der Waals surface area contributed by atoms with Crippen molar-refractivity contribution in [3.05, 3.63) is 48.0 Å². The second-order valence-electron chi connectivity index (χ2n) is 8.12. The van der Waals surface area contributed by atoms with E-state index in [9.17, 15) is 34.5 Å². The number of nitrogens with zero attached hydrogens (tertiary/aromatic N) is 1. The Morgan fingerprint density at radius 1 is 1.00 bits per heavy atom. The number of aromatic nitrogens is 2. The smallest absolute Gasteiger partial charge is 0.326 e. The van der Waals surface area contributed by atoms with Gasteiger partial charge in [-0.15, -0.1) is 0 Å². The number of aliphatic hydroxyl groups is 1. The standard InChI is InChI=1S/C22H30N6O7S/c1-11(29)18(23)21(33)26-15(7-13-8-24-10-25-13)19(31)28-17(9-36)20(32)27-16(22(34)35)6-12-2-4-14(30)5-3-12/h2-5,8,10-11,15-18,29-30,36H,6-7,9,23H2,1H3,(H,24,25)(H,26,33)(H,27,32)(H,28,31)(H,34,35). The van der Waals surface area contributed by atoms with Gasteiger partial charge >= 0.3 is 5.97 Å². The average Bonchev–Trinajstić information content (AvgIpc) is 3.35. The topological polar surface area (TPSA) is 220 Å². The van der Waals surface area contributed by atoms with E-state index < -0.39 is 54.0 Å². The number of rotatable bonds is 13. The van der Waals surface area contributed by atoms with Gasteiger partial charge in [0.15, 0.2) is 0 Å². The molecular weight excluding hydrogens is 492 g/mol. The van der Waals surface area contributed by atoms with Crippen LogP contribution in [0.25, 0.3) is 0 Å². The molecule has 13 nitrogen and oxygen atoms in total. The molecule has 3 amide bonds. The van der Waals surface area contributed by atoms with E-state index in [1.165, 1.54) is 43.7 Å². The van der Waals surface area contributed by atoms with Crippen LogP contribution in [0.15, 0.2) is 36.8 Å². The number of H-pyrrole nitrogens is 1. The maximum absolute atomic E-state index is 13.0. The lowest BCUT2D eigenvalue weighted by Crippen LogP contribution is -2.59. The summed E-state index contributed by atoms with van der Waals surface area (Å²) in [7, 11) is 0. The number of carbonyl (C=O) groups is 4. The second kappa shape index (κ2) is 13.5. The number of thiol groups is 1. The third-order valence-corrected chi connectivity index (χ3v) is 5.61. The third kappa shape index (κ3) is 8.55. The molecule has 0 saturated carbocycles. The van der Waals surface area contributed by atoms with Crippen molar-refractivity contribution in [1.29, 1.82) is 0 Å². The van der Waals surface area contributed by atoms with Crippen LogP contribution in [-0.2, 0) is 32.0 Å². The zero-order chi connectivity index (χ0) is 26.8. The number of imidazole rings is 1. The van der Waals surface area contributed by atoms with Crippen molar-refractivity contribution in [2.75, 3.05) is 5.75 Å². The summed E-state index contributed by atoms with van der Waals surface area (Å²) in [5, 5.41) is 35.8. The van der Waals surface area contributed by atoms with E-state index in [4.69, 9.17) is 5.73 Å². The number of carboxylic acids is 1. The molecule has 0 aliphatic rings. The molecule has 5 unspecified atom stereocenters. The number of hydrogen-bond donors (Lipinski definition) is 9. The van der Waals surface area contributed by atoms with Gasteiger partial charge in [-0.3, -0.25) is 14.4 Å². The summed E-state index contributed by atoms with van der Waals surface area (Å²) in [6.07, 6.45) is 1.58. The van der Waals surface area contributed by atoms with Crippen LogP contribution in [0.1, 0.15) is 18.2 Å². The lowest BCUT2D eigenvalue weighted by molar-refractivity contribution is -0.142. The van der Waals surface area contributed by atoms with Gasteiger partial charge in [0.2, 0.25) is 17.7 Å². The zero-order valence-electron chi connectivity index (χ0n) is 19.4. The van der Waals surface area contributed by atoms with Crippen LogP contribution >= 0.6 is 12.6 Å². The predicted molar refractivity (Wildman–Crippen MR) is 131 cm³/mol. The van der Waals surface area contributed by atoms with Gasteiger partial charge in [0.1, 0.15) is 29.9 Å². The molecule has 1 heterocycles. The minimum Gasteiger partial charge on any atom is -0.508 e. The van der Waals surface area contributed by atoms with Crippen LogP contribution in [0, 0.1) is 0 Å². The molecular formula is C22H30N6O7S. The zero-order valence-corrected chi connectivity index (χ0v) is 20.3. The SMILES string of the molecule is CC(O)C(N)C(=O)NC(Cc1cnc[nH]1)C(=O)NC(CS)C(=O)NC(Cc1ccc(O)cc1)C(=O)O. The molecule has 0 saturated heterocycles. The van der Waals surface area contributed by atoms with Crippen LogP contribution in [0.3, 0.4) is 0 Å². The summed E-state index contributed by atoms with van der Waals surface area (Å²) in [4.78, 5) is 56.5. The van der Waals surface area contributed by atoms with Gasteiger partial charge in [-0.25, -0.2) is 9.78 Å². The number of benzene rings is 1. The van der Waals surface area contributed by atoms with E-state index in [2.05, 4.69) is 38.5 Å². The molecule has 0 aliphatic heterocycles. The minimum absolute atomic E-state index is 0.0127. The fourth-order valence-electron chi connectivity index (χ4n) is 3.12. The van der Waals surface area contributed by atoms with Crippen molar-refractivity contribution >= 4 is 36.3 Å². The first-order valence-electron chi connectivity index (χ1n) is 10.9. The Balaban J connectivity index is 2.10. The number of amides is 3. The number of hydrogen-bond acceptors (Lipinski definition) is 9.